The van der Waals surface area contributed by atoms with Crippen LogP contribution in [0.2, 0.25) is 0 Å². The highest BCUT2D eigenvalue weighted by Crippen LogP contribution is 2.16. The number of likely N-dealkylation sites (N-methyl/N-ethyl adjacent to an activating group) is 1. The summed E-state index contributed by atoms with van der Waals surface area (Å²) in [6, 6.07) is 17.0. The van der Waals surface area contributed by atoms with Gasteiger partial charge in [0.2, 0.25) is 0 Å². The van der Waals surface area contributed by atoms with Gasteiger partial charge in [-0.1, -0.05) is 24.3 Å². The molecule has 1 fully saturated rings. The number of carbonyl (C=O) groups is 1. The van der Waals surface area contributed by atoms with Gasteiger partial charge in [-0.3, -0.25) is 4.79 Å². The summed E-state index contributed by atoms with van der Waals surface area (Å²) in [5.41, 5.74) is 0.672. The molecule has 0 aliphatic carbocycles. The molecule has 1 saturated heterocycles. The summed E-state index contributed by atoms with van der Waals surface area (Å²) < 4.78 is 11.3. The minimum Gasteiger partial charge on any atom is -0.490 e. The van der Waals surface area contributed by atoms with Gasteiger partial charge in [-0.25, -0.2) is 0 Å². The predicted octanol–water partition coefficient (Wildman–Crippen LogP) is 2.53. The van der Waals surface area contributed by atoms with E-state index in [9.17, 15) is 4.79 Å². The Hall–Kier alpha value is -2.53. The zero-order chi connectivity index (χ0) is 17.5. The van der Waals surface area contributed by atoms with Crippen molar-refractivity contribution in [3.05, 3.63) is 60.2 Å². The predicted molar refractivity (Wildman–Crippen MR) is 97.3 cm³/mol. The summed E-state index contributed by atoms with van der Waals surface area (Å²) >= 11 is 0. The molecule has 0 atom stereocenters. The fourth-order valence-corrected chi connectivity index (χ4v) is 2.75. The molecule has 2 aromatic rings. The van der Waals surface area contributed by atoms with Crippen molar-refractivity contribution in [2.45, 2.75) is 0 Å². The van der Waals surface area contributed by atoms with Gasteiger partial charge in [-0.15, -0.1) is 0 Å². The lowest BCUT2D eigenvalue weighted by molar-refractivity contribution is 0.0663. The van der Waals surface area contributed by atoms with Crippen LogP contribution in [0, 0.1) is 0 Å². The lowest BCUT2D eigenvalue weighted by Crippen LogP contribution is -2.47. The molecular weight excluding hydrogens is 316 g/mol. The van der Waals surface area contributed by atoms with Gasteiger partial charge >= 0.3 is 0 Å². The molecule has 1 heterocycles. The summed E-state index contributed by atoms with van der Waals surface area (Å²) in [4.78, 5) is 16.7. The normalized spacial score (nSPS) is 15.0. The first-order chi connectivity index (χ1) is 12.2. The molecule has 5 heteroatoms. The zero-order valence-electron chi connectivity index (χ0n) is 14.6. The van der Waals surface area contributed by atoms with Gasteiger partial charge in [0.15, 0.2) is 0 Å². The van der Waals surface area contributed by atoms with E-state index in [1.165, 1.54) is 0 Å². The van der Waals surface area contributed by atoms with Crippen molar-refractivity contribution in [3.8, 4) is 11.5 Å². The highest BCUT2D eigenvalue weighted by atomic mass is 16.5. The van der Waals surface area contributed by atoms with Gasteiger partial charge in [0.25, 0.3) is 5.91 Å². The van der Waals surface area contributed by atoms with Crippen molar-refractivity contribution in [1.29, 1.82) is 0 Å². The Morgan fingerprint density at radius 3 is 2.24 bits per heavy atom. The number of benzene rings is 2. The van der Waals surface area contributed by atoms with Crippen molar-refractivity contribution in [3.63, 3.8) is 0 Å². The first-order valence-corrected chi connectivity index (χ1v) is 8.61. The second-order valence-corrected chi connectivity index (χ2v) is 6.13. The van der Waals surface area contributed by atoms with Crippen molar-refractivity contribution >= 4 is 5.91 Å². The molecule has 132 valence electrons. The van der Waals surface area contributed by atoms with Crippen LogP contribution in [0.25, 0.3) is 0 Å². The molecule has 1 amide bonds. The van der Waals surface area contributed by atoms with E-state index in [1.54, 1.807) is 0 Å². The van der Waals surface area contributed by atoms with Crippen molar-refractivity contribution in [2.75, 3.05) is 46.4 Å². The molecule has 1 aliphatic heterocycles. The van der Waals surface area contributed by atoms with Crippen LogP contribution in [0.3, 0.4) is 0 Å². The quantitative estimate of drug-likeness (QED) is 0.758. The van der Waals surface area contributed by atoms with Crippen LogP contribution < -0.4 is 9.47 Å². The van der Waals surface area contributed by atoms with E-state index < -0.39 is 0 Å². The van der Waals surface area contributed by atoms with Crippen LogP contribution >= 0.6 is 0 Å². The van der Waals surface area contributed by atoms with Crippen molar-refractivity contribution in [2.24, 2.45) is 0 Å². The Labute approximate surface area is 148 Å². The fraction of sp³-hybridized carbons (Fsp3) is 0.350. The van der Waals surface area contributed by atoms with E-state index in [0.29, 0.717) is 24.5 Å². The topological polar surface area (TPSA) is 42.0 Å². The largest absolute Gasteiger partial charge is 0.490 e. The highest BCUT2D eigenvalue weighted by molar-refractivity contribution is 5.94. The van der Waals surface area contributed by atoms with Crippen LogP contribution in [0.1, 0.15) is 10.4 Å². The van der Waals surface area contributed by atoms with E-state index in [4.69, 9.17) is 9.47 Å². The average molecular weight is 340 g/mol. The number of para-hydroxylation sites is 1. The molecule has 0 N–H and O–H groups in total. The number of ether oxygens (including phenoxy) is 2. The zero-order valence-corrected chi connectivity index (χ0v) is 14.6. The third-order valence-corrected chi connectivity index (χ3v) is 4.24. The van der Waals surface area contributed by atoms with Gasteiger partial charge in [0.05, 0.1) is 0 Å². The number of amides is 1. The van der Waals surface area contributed by atoms with Crippen LogP contribution in [0.5, 0.6) is 11.5 Å². The molecule has 3 rings (SSSR count). The van der Waals surface area contributed by atoms with Crippen molar-refractivity contribution < 1.29 is 14.3 Å². The summed E-state index contributed by atoms with van der Waals surface area (Å²) in [5, 5.41) is 0. The molecule has 1 aliphatic rings. The summed E-state index contributed by atoms with van der Waals surface area (Å²) in [7, 11) is 2.08. The third-order valence-electron chi connectivity index (χ3n) is 4.24. The molecule has 0 aromatic heterocycles. The fourth-order valence-electron chi connectivity index (χ4n) is 2.75. The lowest BCUT2D eigenvalue weighted by atomic mass is 10.1. The smallest absolute Gasteiger partial charge is 0.254 e. The molecule has 0 saturated carbocycles. The Kier molecular flexibility index (Phi) is 5.90. The summed E-state index contributed by atoms with van der Waals surface area (Å²) in [6.45, 7) is 4.26. The van der Waals surface area contributed by atoms with Gasteiger partial charge in [-0.2, -0.15) is 0 Å². The van der Waals surface area contributed by atoms with E-state index in [-0.39, 0.29) is 5.91 Å². The molecule has 0 spiro atoms. The second kappa shape index (κ2) is 8.53. The molecule has 0 bridgehead atoms. The maximum Gasteiger partial charge on any atom is 0.254 e. The number of carbonyl (C=O) groups excluding carboxylic acids is 1. The first-order valence-electron chi connectivity index (χ1n) is 8.61. The van der Waals surface area contributed by atoms with Gasteiger partial charge in [0, 0.05) is 31.7 Å². The first kappa shape index (κ1) is 17.3. The second-order valence-electron chi connectivity index (χ2n) is 6.13. The molecular formula is C20H24N2O3. The van der Waals surface area contributed by atoms with Gasteiger partial charge in [0.1, 0.15) is 24.7 Å². The number of rotatable bonds is 6. The average Bonchev–Trinajstić information content (AvgIpc) is 2.66. The number of hydrogen-bond donors (Lipinski definition) is 0. The number of hydrogen-bond acceptors (Lipinski definition) is 4. The van der Waals surface area contributed by atoms with E-state index in [0.717, 1.165) is 31.9 Å². The Balaban J connectivity index is 1.50. The Bertz CT molecular complexity index is 682. The monoisotopic (exact) mass is 340 g/mol. The maximum atomic E-state index is 12.6. The number of nitrogens with zero attached hydrogens (tertiary/aromatic N) is 2. The van der Waals surface area contributed by atoms with Crippen molar-refractivity contribution in [1.82, 2.24) is 9.80 Å². The van der Waals surface area contributed by atoms with Crippen LogP contribution in [0.4, 0.5) is 0 Å². The van der Waals surface area contributed by atoms with E-state index in [2.05, 4.69) is 11.9 Å². The minimum atomic E-state index is 0.0686. The lowest BCUT2D eigenvalue weighted by Gasteiger charge is -2.32. The van der Waals surface area contributed by atoms with E-state index in [1.807, 2.05) is 59.5 Å². The maximum absolute atomic E-state index is 12.6. The standard InChI is InChI=1S/C20H24N2O3/c1-21-10-12-22(13-11-21)20(23)17-6-5-9-19(16-17)25-15-14-24-18-7-3-2-4-8-18/h2-9,16H,10-15H2,1H3. The van der Waals surface area contributed by atoms with Gasteiger partial charge in [-0.05, 0) is 37.4 Å². The summed E-state index contributed by atoms with van der Waals surface area (Å²) in [5.74, 6) is 1.58. The van der Waals surface area contributed by atoms with Crippen LogP contribution in [0.15, 0.2) is 54.6 Å². The molecule has 0 unspecified atom stereocenters. The van der Waals surface area contributed by atoms with E-state index >= 15 is 0 Å². The van der Waals surface area contributed by atoms with Crippen LogP contribution in [-0.2, 0) is 0 Å². The third kappa shape index (κ3) is 4.97. The molecule has 2 aromatic carbocycles. The highest BCUT2D eigenvalue weighted by Gasteiger charge is 2.20. The molecule has 5 nitrogen and oxygen atoms in total. The summed E-state index contributed by atoms with van der Waals surface area (Å²) in [6.07, 6.45) is 0. The SMILES string of the molecule is CN1CCN(C(=O)c2cccc(OCCOc3ccccc3)c2)CC1. The molecule has 0 radical (unpaired) electrons. The minimum absolute atomic E-state index is 0.0686. The number of piperazine rings is 1. The Morgan fingerprint density at radius 1 is 0.880 bits per heavy atom. The Morgan fingerprint density at radius 2 is 1.52 bits per heavy atom. The molecule has 25 heavy (non-hydrogen) atoms. The van der Waals surface area contributed by atoms with Crippen LogP contribution in [-0.4, -0.2) is 62.1 Å². The van der Waals surface area contributed by atoms with Gasteiger partial charge < -0.3 is 19.3 Å².